The first-order valence-electron chi connectivity index (χ1n) is 46.1. The molecule has 0 aliphatic carbocycles. The number of thioether (sulfide) groups is 1. The number of nitrogens with one attached hydrogen (secondary N) is 12. The number of benzene rings is 3. The minimum Gasteiger partial charge on any atom is -0.508 e. The van der Waals surface area contributed by atoms with Crippen molar-refractivity contribution in [2.24, 2.45) is 23.5 Å². The molecule has 9 rings (SSSR count). The number of Topliss-reactive ketones (excluding diaryl/α,β-unsaturated/α-hetero) is 1. The molecular weight excluding hydrogens is 1740 g/mol. The van der Waals surface area contributed by atoms with Gasteiger partial charge in [-0.2, -0.15) is 0 Å². The average molecular weight is 1880 g/mol. The molecular formula is C95H131N19O19S. The SMILES string of the molecule is CCCC[C@H]1C(=O)N(C)[C@@H](CCCC)C(=O)N[C@@H](CC(C)C)C(=O)N[C@H](C(=O)NCC(=O)NCc2cccnc2)CSCC(=O)N[C@@H](Cc2ccc(O)cc2)C(=O)N(C)[C@@H](C)C(=O)N[C@@H](CC(N)=O)C(=O)N2CCC[C@H]2C(=O)N[C@@H](CC)C(=O)N[C@@H](CC(C)C)C(=O)N2C[C@H](O)C[C@H]2C(=O)C[C@@H](Cc2c[nH]c3ccccc23)C(=O)NCC(=O)NC(Cc2c[nH]c3ccccc23)C(=O)N1C. The number of aliphatic hydroxyl groups excluding tert-OH is 1. The lowest BCUT2D eigenvalue weighted by molar-refractivity contribution is -0.149. The van der Waals surface area contributed by atoms with E-state index < -0.39 is 217 Å². The third-order valence-electron chi connectivity index (χ3n) is 24.6. The molecule has 3 aliphatic heterocycles. The number of aromatic hydroxyl groups is 1. The zero-order chi connectivity index (χ0) is 97.7. The number of primary amides is 1. The lowest BCUT2D eigenvalue weighted by Crippen LogP contribution is -2.60. The third kappa shape index (κ3) is 29.3. The van der Waals surface area contributed by atoms with Crippen LogP contribution in [0.15, 0.2) is 110 Å². The molecule has 3 aliphatic rings. The molecule has 14 atom stereocenters. The number of pyridine rings is 1. The number of likely N-dealkylation sites (N-methyl/N-ethyl adjacent to an activating group) is 3. The Morgan fingerprint density at radius 3 is 1.77 bits per heavy atom. The van der Waals surface area contributed by atoms with Crippen LogP contribution in [0.1, 0.15) is 168 Å². The van der Waals surface area contributed by atoms with Crippen molar-refractivity contribution < 1.29 is 91.7 Å². The van der Waals surface area contributed by atoms with Crippen LogP contribution >= 0.6 is 11.8 Å². The van der Waals surface area contributed by atoms with Crippen LogP contribution in [0.2, 0.25) is 0 Å². The van der Waals surface area contributed by atoms with Gasteiger partial charge in [-0.3, -0.25) is 86.5 Å². The van der Waals surface area contributed by atoms with Gasteiger partial charge < -0.3 is 104 Å². The number of phenols is 1. The highest BCUT2D eigenvalue weighted by molar-refractivity contribution is 8.00. The molecule has 1 unspecified atom stereocenters. The monoisotopic (exact) mass is 1870 g/mol. The van der Waals surface area contributed by atoms with Gasteiger partial charge in [0, 0.05) is 125 Å². The highest BCUT2D eigenvalue weighted by Gasteiger charge is 2.46. The number of aromatic nitrogens is 3. The van der Waals surface area contributed by atoms with Crippen molar-refractivity contribution in [3.63, 3.8) is 0 Å². The van der Waals surface area contributed by atoms with E-state index in [4.69, 9.17) is 5.73 Å². The molecule has 0 spiro atoms. The number of para-hydroxylation sites is 2. The molecule has 6 aromatic rings. The van der Waals surface area contributed by atoms with Crippen LogP contribution in [0.3, 0.4) is 0 Å². The van der Waals surface area contributed by atoms with Crippen molar-refractivity contribution in [1.82, 2.24) is 92.6 Å². The summed E-state index contributed by atoms with van der Waals surface area (Å²) in [5.74, 6) is -16.7. The van der Waals surface area contributed by atoms with Gasteiger partial charge in [-0.25, -0.2) is 0 Å². The first-order valence-corrected chi connectivity index (χ1v) is 47.2. The quantitative estimate of drug-likeness (QED) is 0.0413. The Bertz CT molecular complexity index is 5150. The van der Waals surface area contributed by atoms with Crippen LogP contribution in [0.4, 0.5) is 0 Å². The van der Waals surface area contributed by atoms with Gasteiger partial charge in [0.2, 0.25) is 94.5 Å². The number of carbonyl (C=O) groups is 17. The summed E-state index contributed by atoms with van der Waals surface area (Å²) in [5, 5.41) is 50.2. The lowest BCUT2D eigenvalue weighted by Gasteiger charge is -2.36. The van der Waals surface area contributed by atoms with Gasteiger partial charge in [0.1, 0.15) is 72.2 Å². The van der Waals surface area contributed by atoms with Gasteiger partial charge in [0.05, 0.1) is 37.4 Å². The maximum absolute atomic E-state index is 15.6. The maximum atomic E-state index is 15.6. The van der Waals surface area contributed by atoms with E-state index in [-0.39, 0.29) is 114 Å². The molecule has 38 nitrogen and oxygen atoms in total. The number of hydrogen-bond donors (Lipinski definition) is 15. The van der Waals surface area contributed by atoms with Crippen LogP contribution in [-0.4, -0.2) is 287 Å². The summed E-state index contributed by atoms with van der Waals surface area (Å²) < 4.78 is 0. The number of aliphatic hydroxyl groups is 1. The minimum atomic E-state index is -1.73. The van der Waals surface area contributed by atoms with Crippen molar-refractivity contribution in [2.75, 3.05) is 58.8 Å². The van der Waals surface area contributed by atoms with E-state index in [2.05, 4.69) is 68.1 Å². The summed E-state index contributed by atoms with van der Waals surface area (Å²) in [4.78, 5) is 267. The molecule has 3 saturated heterocycles. The van der Waals surface area contributed by atoms with Crippen molar-refractivity contribution in [3.8, 4) is 5.75 Å². The van der Waals surface area contributed by atoms with Crippen LogP contribution in [0.5, 0.6) is 5.75 Å². The molecule has 16 N–H and O–H groups in total. The highest BCUT2D eigenvalue weighted by atomic mass is 32.2. The topological polar surface area (TPSA) is 538 Å². The molecule has 3 aromatic carbocycles. The number of aromatic amines is 2. The first kappa shape index (κ1) is 105. The van der Waals surface area contributed by atoms with Gasteiger partial charge in [0.25, 0.3) is 0 Å². The van der Waals surface area contributed by atoms with E-state index in [9.17, 15) is 58.2 Å². The largest absolute Gasteiger partial charge is 0.508 e. The fourth-order valence-electron chi connectivity index (χ4n) is 17.1. The van der Waals surface area contributed by atoms with Crippen LogP contribution in [0, 0.1) is 17.8 Å². The normalized spacial score (nSPS) is 24.4. The van der Waals surface area contributed by atoms with Gasteiger partial charge in [-0.05, 0) is 123 Å². The predicted molar refractivity (Wildman–Crippen MR) is 500 cm³/mol. The number of nitrogens with two attached hydrogens (primary N) is 1. The molecule has 134 heavy (non-hydrogen) atoms. The molecule has 6 heterocycles. The number of amides is 16. The number of hydrogen-bond acceptors (Lipinski definition) is 21. The zero-order valence-electron chi connectivity index (χ0n) is 78.1. The Morgan fingerprint density at radius 1 is 0.567 bits per heavy atom. The third-order valence-corrected chi connectivity index (χ3v) is 25.6. The molecule has 3 aromatic heterocycles. The smallest absolute Gasteiger partial charge is 0.246 e. The Balaban J connectivity index is 1.07. The second kappa shape index (κ2) is 50.3. The summed E-state index contributed by atoms with van der Waals surface area (Å²) in [5.41, 5.74) is 9.42. The van der Waals surface area contributed by atoms with Gasteiger partial charge in [-0.1, -0.05) is 129 Å². The van der Waals surface area contributed by atoms with E-state index in [1.165, 1.54) is 73.2 Å². The fraction of sp³-hybridized carbons (Fsp3) is 0.537. The average Bonchev–Trinajstić information content (AvgIpc) is 1.57. The number of phenolic OH excluding ortho intramolecular Hbond substituents is 1. The number of nitrogens with zero attached hydrogens (tertiary/aromatic N) is 6. The fourth-order valence-corrected chi connectivity index (χ4v) is 17.9. The Morgan fingerprint density at radius 2 is 1.14 bits per heavy atom. The highest BCUT2D eigenvalue weighted by Crippen LogP contribution is 2.30. The van der Waals surface area contributed by atoms with Crippen LogP contribution < -0.4 is 58.9 Å². The second-order valence-electron chi connectivity index (χ2n) is 35.8. The standard InChI is InChI=1S/C95H131N19O19S/c1-12-15-28-75-89(127)106-69(37-54(4)5)88(126)109-74(86(124)102-49-81(119)100-46-58-23-21-35-97-45-58)52-134-53-83(121)104-71(39-57-31-33-62(115)34-32-57)91(129)110(9)56(8)84(122)107-73(44-80(96)118)93(131)113-36-22-30-76(113)90(128)105-66(14-3)87(125)108-70(38-55(6)7)94(132)114-51-63(116)43-78(114)79(117)42-59(40-60-47-98-67-26-19-17-24-64(60)67)85(123)101-50-82(120)103-72(41-61-48-99-68-27-20-18-25-65(61)68)92(130)112(11)77(29-16-13-2)95(133)111(75)10/h17-21,23-27,31-35,45,47-48,54-56,59,63,66,69-78,98-99,115-116H,12-16,22,28-30,36-44,46,49-53H2,1-11H3,(H2,96,118)(H,100,119)(H,101,123)(H,102,124)(H,103,120)(H,104,121)(H,105,128)(H,106,127)(H,107,122)(H,108,125)(H,109,126)/t56-,59+,63+,66-,69-,70-,71-,72?,73-,74-,75-,76-,77-,78-/m0/s1. The first-order chi connectivity index (χ1) is 63.9. The lowest BCUT2D eigenvalue weighted by atomic mass is 9.90. The molecule has 16 amide bonds. The number of unbranched alkanes of at least 4 members (excludes halogenated alkanes) is 2. The molecule has 3 fully saturated rings. The molecule has 39 heteroatoms. The summed E-state index contributed by atoms with van der Waals surface area (Å²) in [7, 11) is 4.08. The number of carbonyl (C=O) groups excluding carboxylic acids is 17. The minimum absolute atomic E-state index is 0.000714. The molecule has 0 radical (unpaired) electrons. The Kier molecular flexibility index (Phi) is 39.4. The van der Waals surface area contributed by atoms with Gasteiger partial charge >= 0.3 is 0 Å². The van der Waals surface area contributed by atoms with Crippen molar-refractivity contribution in [2.45, 2.75) is 250 Å². The predicted octanol–water partition coefficient (Wildman–Crippen LogP) is 2.25. The Labute approximate surface area is 783 Å². The van der Waals surface area contributed by atoms with Crippen molar-refractivity contribution in [3.05, 3.63) is 132 Å². The van der Waals surface area contributed by atoms with Crippen LogP contribution in [-0.2, 0) is 107 Å². The number of H-pyrrole nitrogens is 2. The number of ketones is 1. The van der Waals surface area contributed by atoms with Crippen molar-refractivity contribution in [1.29, 1.82) is 0 Å². The van der Waals surface area contributed by atoms with E-state index >= 15 is 33.6 Å². The van der Waals surface area contributed by atoms with E-state index in [0.29, 0.717) is 64.4 Å². The van der Waals surface area contributed by atoms with E-state index in [0.717, 1.165) is 26.9 Å². The van der Waals surface area contributed by atoms with E-state index in [1.54, 1.807) is 77.5 Å². The van der Waals surface area contributed by atoms with Gasteiger partial charge in [0.15, 0.2) is 5.78 Å². The Hall–Kier alpha value is -12.8. The zero-order valence-corrected chi connectivity index (χ0v) is 78.9. The molecule has 0 bridgehead atoms. The summed E-state index contributed by atoms with van der Waals surface area (Å²) in [6.45, 7) is 12.1. The molecule has 0 saturated carbocycles. The van der Waals surface area contributed by atoms with Gasteiger partial charge in [-0.15, -0.1) is 11.8 Å². The summed E-state index contributed by atoms with van der Waals surface area (Å²) >= 11 is 0.828. The summed E-state index contributed by atoms with van der Waals surface area (Å²) in [6.07, 6.45) is 5.36. The molecule has 726 valence electrons. The van der Waals surface area contributed by atoms with Crippen molar-refractivity contribution >= 4 is 134 Å². The van der Waals surface area contributed by atoms with E-state index in [1.807, 2.05) is 50.2 Å². The number of rotatable bonds is 24. The maximum Gasteiger partial charge on any atom is 0.246 e. The van der Waals surface area contributed by atoms with Crippen LogP contribution in [0.25, 0.3) is 21.8 Å². The summed E-state index contributed by atoms with van der Waals surface area (Å²) in [6, 6.07) is 6.59. The second-order valence-corrected chi connectivity index (χ2v) is 36.8. The number of fused-ring (bicyclic) bond motifs is 4.